The Labute approximate surface area is 299 Å². The zero-order chi connectivity index (χ0) is 35.7. The first-order chi connectivity index (χ1) is 24.1. The average molecular weight is 705 g/mol. The summed E-state index contributed by atoms with van der Waals surface area (Å²) in [7, 11) is 0.175. The van der Waals surface area contributed by atoms with Crippen LogP contribution in [0.15, 0.2) is 48.5 Å². The highest BCUT2D eigenvalue weighted by molar-refractivity contribution is 6.71. The summed E-state index contributed by atoms with van der Waals surface area (Å²) in [4.78, 5) is 58.1. The molecule has 2 aromatic carbocycles. The molecule has 0 aromatic heterocycles. The Bertz CT molecular complexity index is 1450. The second-order valence-electron chi connectivity index (χ2n) is 14.6. The Hall–Kier alpha value is -3.70. The van der Waals surface area contributed by atoms with Crippen LogP contribution in [-0.4, -0.2) is 105 Å². The van der Waals surface area contributed by atoms with E-state index >= 15 is 0 Å². The third-order valence-corrected chi connectivity index (χ3v) is 13.1. The van der Waals surface area contributed by atoms with Gasteiger partial charge >= 0.3 is 6.09 Å². The van der Waals surface area contributed by atoms with E-state index < -0.39 is 26.5 Å². The molecule has 0 spiro atoms. The van der Waals surface area contributed by atoms with Crippen LogP contribution in [0.1, 0.15) is 81.8 Å². The largest absolute Gasteiger partial charge is 0.448 e. The second-order valence-corrected chi connectivity index (χ2v) is 18.9. The molecule has 0 bridgehead atoms. The van der Waals surface area contributed by atoms with Crippen LogP contribution in [0.4, 0.5) is 4.79 Å². The van der Waals surface area contributed by atoms with Crippen LogP contribution >= 0.6 is 0 Å². The van der Waals surface area contributed by atoms with Gasteiger partial charge in [-0.2, -0.15) is 0 Å². The van der Waals surface area contributed by atoms with Gasteiger partial charge in [-0.15, -0.1) is 0 Å². The quantitative estimate of drug-likeness (QED) is 0.166. The SMILES string of the molecule is CCO[Si](C)(C)CCCNC(=O)CCCCCN(C)C(=O)C1CCCN1C(=O)C1CCCN1C(=O)OCC1c2ccccc2-c2ccccc21. The molecule has 0 saturated carbocycles. The van der Waals surface area contributed by atoms with Gasteiger partial charge in [0.15, 0.2) is 8.32 Å². The number of carbonyl (C=O) groups excluding carboxylic acids is 4. The van der Waals surface area contributed by atoms with Gasteiger partial charge in [-0.1, -0.05) is 55.0 Å². The molecule has 2 aromatic rings. The first-order valence-corrected chi connectivity index (χ1v) is 21.8. The number of benzene rings is 2. The highest BCUT2D eigenvalue weighted by Crippen LogP contribution is 2.44. The maximum atomic E-state index is 13.9. The zero-order valence-electron chi connectivity index (χ0n) is 30.5. The maximum absolute atomic E-state index is 13.9. The minimum Gasteiger partial charge on any atom is -0.448 e. The van der Waals surface area contributed by atoms with Crippen molar-refractivity contribution in [1.82, 2.24) is 20.0 Å². The normalized spacial score (nSPS) is 18.6. The summed E-state index contributed by atoms with van der Waals surface area (Å²) >= 11 is 0. The molecule has 2 atom stereocenters. The number of ether oxygens (including phenoxy) is 1. The van der Waals surface area contributed by atoms with Crippen molar-refractivity contribution in [2.45, 2.75) is 102 Å². The van der Waals surface area contributed by atoms with E-state index in [4.69, 9.17) is 9.16 Å². The molecule has 272 valence electrons. The van der Waals surface area contributed by atoms with Crippen molar-refractivity contribution in [3.05, 3.63) is 59.7 Å². The second kappa shape index (κ2) is 17.5. The van der Waals surface area contributed by atoms with E-state index in [0.29, 0.717) is 45.4 Å². The van der Waals surface area contributed by atoms with E-state index in [1.165, 1.54) is 11.1 Å². The molecule has 2 saturated heterocycles. The molecular formula is C39H56N4O6Si. The van der Waals surface area contributed by atoms with Crippen molar-refractivity contribution < 1.29 is 28.3 Å². The molecule has 2 unspecified atom stereocenters. The van der Waals surface area contributed by atoms with Crippen LogP contribution in [0.25, 0.3) is 11.1 Å². The van der Waals surface area contributed by atoms with Gasteiger partial charge in [-0.05, 0) is 93.3 Å². The van der Waals surface area contributed by atoms with Crippen LogP contribution in [0.5, 0.6) is 0 Å². The van der Waals surface area contributed by atoms with E-state index in [0.717, 1.165) is 62.3 Å². The van der Waals surface area contributed by atoms with Crippen LogP contribution in [0, 0.1) is 0 Å². The van der Waals surface area contributed by atoms with E-state index in [1.54, 1.807) is 21.7 Å². The van der Waals surface area contributed by atoms with E-state index in [-0.39, 0.29) is 30.2 Å². The zero-order valence-corrected chi connectivity index (χ0v) is 31.5. The third-order valence-electron chi connectivity index (χ3n) is 10.5. The Balaban J connectivity index is 1.05. The van der Waals surface area contributed by atoms with Crippen LogP contribution in [0.2, 0.25) is 19.1 Å². The topological polar surface area (TPSA) is 108 Å². The first kappa shape index (κ1) is 37.5. The molecule has 10 nitrogen and oxygen atoms in total. The number of rotatable bonds is 16. The van der Waals surface area contributed by atoms with Crippen LogP contribution in [-0.2, 0) is 23.5 Å². The fraction of sp³-hybridized carbons (Fsp3) is 0.590. The predicted octanol–water partition coefficient (Wildman–Crippen LogP) is 6.16. The van der Waals surface area contributed by atoms with Gasteiger partial charge in [0.1, 0.15) is 18.7 Å². The Morgan fingerprint density at radius 3 is 2.18 bits per heavy atom. The van der Waals surface area contributed by atoms with Crippen molar-refractivity contribution >= 4 is 32.1 Å². The Morgan fingerprint density at radius 1 is 0.860 bits per heavy atom. The molecule has 1 aliphatic carbocycles. The number of nitrogens with zero attached hydrogens (tertiary/aromatic N) is 3. The monoisotopic (exact) mass is 704 g/mol. The summed E-state index contributed by atoms with van der Waals surface area (Å²) in [6.45, 7) is 9.63. The first-order valence-electron chi connectivity index (χ1n) is 18.7. The number of amides is 4. The smallest absolute Gasteiger partial charge is 0.410 e. The minimum absolute atomic E-state index is 0.0496. The lowest BCUT2D eigenvalue weighted by molar-refractivity contribution is -0.145. The van der Waals surface area contributed by atoms with Gasteiger partial charge in [0, 0.05) is 52.2 Å². The molecule has 4 amide bonds. The van der Waals surface area contributed by atoms with Crippen molar-refractivity contribution in [3.8, 4) is 11.1 Å². The average Bonchev–Trinajstić information content (AvgIpc) is 3.87. The van der Waals surface area contributed by atoms with Crippen molar-refractivity contribution in [3.63, 3.8) is 0 Å². The highest BCUT2D eigenvalue weighted by atomic mass is 28.4. The summed E-state index contributed by atoms with van der Waals surface area (Å²) < 4.78 is 11.8. The highest BCUT2D eigenvalue weighted by Gasteiger charge is 2.43. The summed E-state index contributed by atoms with van der Waals surface area (Å²) in [6.07, 6.45) is 6.03. The predicted molar refractivity (Wildman–Crippen MR) is 197 cm³/mol. The Kier molecular flexibility index (Phi) is 13.1. The van der Waals surface area contributed by atoms with E-state index in [9.17, 15) is 19.2 Å². The number of nitrogens with one attached hydrogen (secondary N) is 1. The lowest BCUT2D eigenvalue weighted by atomic mass is 9.98. The fourth-order valence-corrected chi connectivity index (χ4v) is 9.82. The summed E-state index contributed by atoms with van der Waals surface area (Å²) in [5.74, 6) is -0.191. The number of fused-ring (bicyclic) bond motifs is 3. The lowest BCUT2D eigenvalue weighted by Crippen LogP contribution is -2.53. The molecule has 0 radical (unpaired) electrons. The molecule has 2 fully saturated rings. The molecule has 2 heterocycles. The van der Waals surface area contributed by atoms with Gasteiger partial charge in [-0.3, -0.25) is 19.3 Å². The standard InChI is InChI=1S/C39H56N4O6Si/c1-5-49-50(3,4)27-15-23-40-36(44)22-7-6-12-24-41(2)37(45)34-20-13-25-42(34)38(46)35-21-14-26-43(35)39(47)48-28-33-31-18-10-8-16-29(31)30-17-9-11-19-32(30)33/h8-11,16-19,33-35H,5-7,12-15,20-28H2,1-4H3,(H,40,44). The number of carbonyl (C=O) groups is 4. The van der Waals surface area contributed by atoms with Gasteiger partial charge in [0.05, 0.1) is 0 Å². The molecule has 2 aliphatic heterocycles. The Morgan fingerprint density at radius 2 is 1.50 bits per heavy atom. The van der Waals surface area contributed by atoms with Crippen molar-refractivity contribution in [1.29, 1.82) is 0 Å². The number of hydrogen-bond donors (Lipinski definition) is 1. The number of hydrogen-bond acceptors (Lipinski definition) is 6. The number of likely N-dealkylation sites (tertiary alicyclic amines) is 2. The summed E-state index contributed by atoms with van der Waals surface area (Å²) in [6, 6.07) is 16.4. The van der Waals surface area contributed by atoms with Gasteiger partial charge in [-0.25, -0.2) is 4.79 Å². The van der Waals surface area contributed by atoms with Crippen molar-refractivity contribution in [2.24, 2.45) is 0 Å². The lowest BCUT2D eigenvalue weighted by Gasteiger charge is -2.32. The summed E-state index contributed by atoms with van der Waals surface area (Å²) in [5.41, 5.74) is 4.63. The molecule has 1 N–H and O–H groups in total. The molecular weight excluding hydrogens is 649 g/mol. The van der Waals surface area contributed by atoms with Crippen molar-refractivity contribution in [2.75, 3.05) is 46.4 Å². The molecule has 5 rings (SSSR count). The minimum atomic E-state index is -1.62. The van der Waals surface area contributed by atoms with Gasteiger partial charge in [0.2, 0.25) is 17.7 Å². The van der Waals surface area contributed by atoms with E-state index in [2.05, 4.69) is 42.7 Å². The fourth-order valence-electron chi connectivity index (χ4n) is 7.87. The van der Waals surface area contributed by atoms with Gasteiger partial charge < -0.3 is 24.3 Å². The molecule has 50 heavy (non-hydrogen) atoms. The van der Waals surface area contributed by atoms with E-state index in [1.807, 2.05) is 31.2 Å². The number of likely N-dealkylation sites (N-methyl/N-ethyl adjacent to an activating group) is 1. The van der Waals surface area contributed by atoms with Crippen LogP contribution in [0.3, 0.4) is 0 Å². The third kappa shape index (κ3) is 9.14. The van der Waals surface area contributed by atoms with Crippen LogP contribution < -0.4 is 5.32 Å². The summed E-state index contributed by atoms with van der Waals surface area (Å²) in [5, 5.41) is 3.02. The maximum Gasteiger partial charge on any atom is 0.410 e. The molecule has 11 heteroatoms. The number of unbranched alkanes of at least 4 members (excludes halogenated alkanes) is 2. The van der Waals surface area contributed by atoms with Gasteiger partial charge in [0.25, 0.3) is 0 Å². The molecule has 3 aliphatic rings.